The maximum Gasteiger partial charge on any atom is 0.273 e. The highest BCUT2D eigenvalue weighted by molar-refractivity contribution is 7.09. The molecule has 0 fully saturated rings. The highest BCUT2D eigenvalue weighted by atomic mass is 32.1. The van der Waals surface area contributed by atoms with Crippen molar-refractivity contribution in [2.24, 2.45) is 0 Å². The molecule has 1 amide bonds. The molecule has 0 aliphatic heterocycles. The van der Waals surface area contributed by atoms with Crippen LogP contribution in [0.3, 0.4) is 0 Å². The van der Waals surface area contributed by atoms with Crippen LogP contribution >= 0.6 is 11.5 Å². The van der Waals surface area contributed by atoms with Gasteiger partial charge in [-0.05, 0) is 13.0 Å². The highest BCUT2D eigenvalue weighted by Crippen LogP contribution is 2.10. The third kappa shape index (κ3) is 2.31. The minimum Gasteiger partial charge on any atom is -0.318 e. The predicted octanol–water partition coefficient (Wildman–Crippen LogP) is 0.787. The number of rotatable bonds is 2. The van der Waals surface area contributed by atoms with Gasteiger partial charge in [-0.2, -0.15) is 4.37 Å². The summed E-state index contributed by atoms with van der Waals surface area (Å²) in [6.07, 6.45) is 0. The van der Waals surface area contributed by atoms with Gasteiger partial charge >= 0.3 is 0 Å². The molecular weight excluding hydrogens is 228 g/mol. The number of nitrogens with one attached hydrogen (secondary N) is 2. The summed E-state index contributed by atoms with van der Waals surface area (Å²) in [4.78, 5) is 29.0. The Kier molecular flexibility index (Phi) is 2.78. The molecule has 82 valence electrons. The standard InChI is InChI=1S/C9H8N4O2S/c1-5-10-9(16-13-5)12-8(15)6-3-2-4-7(14)11-6/h2-4H,1H3,(H,11,14)(H,10,12,13,15). The summed E-state index contributed by atoms with van der Waals surface area (Å²) < 4.78 is 3.92. The Morgan fingerprint density at radius 2 is 2.31 bits per heavy atom. The maximum absolute atomic E-state index is 11.6. The van der Waals surface area contributed by atoms with Gasteiger partial charge < -0.3 is 4.98 Å². The van der Waals surface area contributed by atoms with E-state index in [-0.39, 0.29) is 11.3 Å². The summed E-state index contributed by atoms with van der Waals surface area (Å²) in [6.45, 7) is 1.73. The molecule has 2 N–H and O–H groups in total. The zero-order chi connectivity index (χ0) is 11.5. The molecule has 0 saturated heterocycles. The van der Waals surface area contributed by atoms with Gasteiger partial charge in [0.1, 0.15) is 11.5 Å². The zero-order valence-corrected chi connectivity index (χ0v) is 9.17. The molecule has 0 aliphatic carbocycles. The Morgan fingerprint density at radius 1 is 1.50 bits per heavy atom. The normalized spacial score (nSPS) is 10.1. The van der Waals surface area contributed by atoms with E-state index in [9.17, 15) is 9.59 Å². The molecule has 2 rings (SSSR count). The first-order chi connectivity index (χ1) is 7.65. The Morgan fingerprint density at radius 3 is 2.94 bits per heavy atom. The summed E-state index contributed by atoms with van der Waals surface area (Å²) in [5.74, 6) is 0.190. The largest absolute Gasteiger partial charge is 0.318 e. The lowest BCUT2D eigenvalue weighted by Crippen LogP contribution is -2.17. The second kappa shape index (κ2) is 4.23. The van der Waals surface area contributed by atoms with Gasteiger partial charge in [0.15, 0.2) is 0 Å². The zero-order valence-electron chi connectivity index (χ0n) is 8.35. The van der Waals surface area contributed by atoms with Crippen LogP contribution in [0.1, 0.15) is 16.3 Å². The van der Waals surface area contributed by atoms with Crippen molar-refractivity contribution in [3.05, 3.63) is 40.1 Å². The number of H-pyrrole nitrogens is 1. The first-order valence-corrected chi connectivity index (χ1v) is 5.23. The molecule has 0 bridgehead atoms. The molecule has 16 heavy (non-hydrogen) atoms. The second-order valence-electron chi connectivity index (χ2n) is 3.03. The smallest absolute Gasteiger partial charge is 0.273 e. The summed E-state index contributed by atoms with van der Waals surface area (Å²) in [6, 6.07) is 4.37. The third-order valence-electron chi connectivity index (χ3n) is 1.76. The van der Waals surface area contributed by atoms with Crippen molar-refractivity contribution < 1.29 is 4.79 Å². The quantitative estimate of drug-likeness (QED) is 0.806. The number of aromatic amines is 1. The van der Waals surface area contributed by atoms with Crippen LogP contribution in [0.15, 0.2) is 23.0 Å². The van der Waals surface area contributed by atoms with Gasteiger partial charge in [0, 0.05) is 17.6 Å². The fourth-order valence-corrected chi connectivity index (χ4v) is 1.66. The van der Waals surface area contributed by atoms with E-state index in [0.717, 1.165) is 11.5 Å². The number of carbonyl (C=O) groups is 1. The van der Waals surface area contributed by atoms with Gasteiger partial charge in [0.05, 0.1) is 0 Å². The molecular formula is C9H8N4O2S. The average Bonchev–Trinajstić information content (AvgIpc) is 2.64. The monoisotopic (exact) mass is 236 g/mol. The number of hydrogen-bond donors (Lipinski definition) is 2. The highest BCUT2D eigenvalue weighted by Gasteiger charge is 2.09. The maximum atomic E-state index is 11.6. The van der Waals surface area contributed by atoms with Crippen molar-refractivity contribution in [2.75, 3.05) is 5.32 Å². The average molecular weight is 236 g/mol. The summed E-state index contributed by atoms with van der Waals surface area (Å²) in [5, 5.41) is 2.95. The Bertz CT molecular complexity index is 575. The molecule has 0 aromatic carbocycles. The van der Waals surface area contributed by atoms with E-state index in [0.29, 0.717) is 11.0 Å². The van der Waals surface area contributed by atoms with E-state index in [2.05, 4.69) is 19.7 Å². The van der Waals surface area contributed by atoms with Gasteiger partial charge in [-0.3, -0.25) is 14.9 Å². The molecule has 0 saturated carbocycles. The van der Waals surface area contributed by atoms with Crippen LogP contribution in [-0.2, 0) is 0 Å². The molecule has 2 aromatic heterocycles. The third-order valence-corrected chi connectivity index (χ3v) is 2.48. The molecule has 2 aromatic rings. The fraction of sp³-hybridized carbons (Fsp3) is 0.111. The molecule has 0 atom stereocenters. The fourth-order valence-electron chi connectivity index (χ4n) is 1.09. The molecule has 0 radical (unpaired) electrons. The van der Waals surface area contributed by atoms with E-state index < -0.39 is 5.91 Å². The Balaban J connectivity index is 2.17. The minimum atomic E-state index is -0.408. The number of aryl methyl sites for hydroxylation is 1. The number of amides is 1. The first kappa shape index (κ1) is 10.5. The Hall–Kier alpha value is -2.02. The van der Waals surface area contributed by atoms with Gasteiger partial charge in [-0.25, -0.2) is 4.98 Å². The van der Waals surface area contributed by atoms with Crippen LogP contribution in [0.2, 0.25) is 0 Å². The van der Waals surface area contributed by atoms with Crippen molar-refractivity contribution in [1.82, 2.24) is 14.3 Å². The topological polar surface area (TPSA) is 87.7 Å². The lowest BCUT2D eigenvalue weighted by Gasteiger charge is -1.99. The van der Waals surface area contributed by atoms with E-state index >= 15 is 0 Å². The van der Waals surface area contributed by atoms with Crippen molar-refractivity contribution in [3.63, 3.8) is 0 Å². The predicted molar refractivity (Wildman–Crippen MR) is 59.7 cm³/mol. The van der Waals surface area contributed by atoms with Crippen molar-refractivity contribution in [2.45, 2.75) is 6.92 Å². The van der Waals surface area contributed by atoms with Crippen LogP contribution in [0.5, 0.6) is 0 Å². The molecule has 6 nitrogen and oxygen atoms in total. The van der Waals surface area contributed by atoms with E-state index in [1.54, 1.807) is 6.92 Å². The lowest BCUT2D eigenvalue weighted by atomic mass is 10.3. The van der Waals surface area contributed by atoms with Gasteiger partial charge in [-0.15, -0.1) is 0 Å². The van der Waals surface area contributed by atoms with Crippen molar-refractivity contribution in [3.8, 4) is 0 Å². The van der Waals surface area contributed by atoms with Gasteiger partial charge in [0.2, 0.25) is 10.7 Å². The summed E-state index contributed by atoms with van der Waals surface area (Å²) in [7, 11) is 0. The number of aromatic nitrogens is 3. The number of anilines is 1. The van der Waals surface area contributed by atoms with Gasteiger partial charge in [0.25, 0.3) is 5.91 Å². The molecule has 0 aliphatic rings. The first-order valence-electron chi connectivity index (χ1n) is 4.46. The Labute approximate surface area is 94.5 Å². The van der Waals surface area contributed by atoms with Crippen LogP contribution < -0.4 is 10.9 Å². The van der Waals surface area contributed by atoms with E-state index in [1.807, 2.05) is 0 Å². The second-order valence-corrected chi connectivity index (χ2v) is 3.78. The van der Waals surface area contributed by atoms with Crippen molar-refractivity contribution in [1.29, 1.82) is 0 Å². The number of nitrogens with zero attached hydrogens (tertiary/aromatic N) is 2. The molecule has 0 unspecified atom stereocenters. The van der Waals surface area contributed by atoms with Crippen LogP contribution in [0, 0.1) is 6.92 Å². The minimum absolute atomic E-state index is 0.195. The van der Waals surface area contributed by atoms with E-state index in [1.165, 1.54) is 18.2 Å². The number of pyridine rings is 1. The van der Waals surface area contributed by atoms with Crippen LogP contribution in [-0.4, -0.2) is 20.2 Å². The van der Waals surface area contributed by atoms with Crippen LogP contribution in [0.4, 0.5) is 5.13 Å². The lowest BCUT2D eigenvalue weighted by molar-refractivity contribution is 0.102. The summed E-state index contributed by atoms with van der Waals surface area (Å²) >= 11 is 1.09. The van der Waals surface area contributed by atoms with Crippen molar-refractivity contribution >= 4 is 22.6 Å². The summed E-state index contributed by atoms with van der Waals surface area (Å²) in [5.41, 5.74) is -0.124. The van der Waals surface area contributed by atoms with Crippen LogP contribution in [0.25, 0.3) is 0 Å². The molecule has 7 heteroatoms. The SMILES string of the molecule is Cc1nsc(NC(=O)c2cccc(=O)[nH]2)n1. The number of hydrogen-bond acceptors (Lipinski definition) is 5. The number of carbonyl (C=O) groups excluding carboxylic acids is 1. The molecule has 2 heterocycles. The van der Waals surface area contributed by atoms with E-state index in [4.69, 9.17) is 0 Å². The molecule has 0 spiro atoms. The van der Waals surface area contributed by atoms with Gasteiger partial charge in [-0.1, -0.05) is 6.07 Å².